The molecule has 0 nitrogen and oxygen atoms in total. The van der Waals surface area contributed by atoms with Gasteiger partial charge in [0.05, 0.1) is 0 Å². The van der Waals surface area contributed by atoms with Crippen LogP contribution in [0.15, 0.2) is 18.2 Å². The molecule has 0 aliphatic rings. The van der Waals surface area contributed by atoms with Gasteiger partial charge in [0.2, 0.25) is 0 Å². The molecule has 0 amide bonds. The van der Waals surface area contributed by atoms with E-state index in [4.69, 9.17) is 0 Å². The molecule has 18 heavy (non-hydrogen) atoms. The Morgan fingerprint density at radius 2 is 1.17 bits per heavy atom. The lowest BCUT2D eigenvalue weighted by Crippen LogP contribution is -1.82. The average molecular weight is 250 g/mol. The van der Waals surface area contributed by atoms with Crippen LogP contribution in [0.4, 0.5) is 0 Å². The fraction of sp³-hybridized carbons (Fsp3) is 0.667. The van der Waals surface area contributed by atoms with Gasteiger partial charge in [-0.25, -0.2) is 0 Å². The molecule has 0 fully saturated rings. The molecule has 0 N–H and O–H groups in total. The van der Waals surface area contributed by atoms with Gasteiger partial charge in [-0.05, 0) is 43.4 Å². The third-order valence-electron chi connectivity index (χ3n) is 3.19. The zero-order chi connectivity index (χ0) is 14.6. The van der Waals surface area contributed by atoms with Gasteiger partial charge in [0.15, 0.2) is 0 Å². The minimum absolute atomic E-state index is 0.884. The van der Waals surface area contributed by atoms with Crippen molar-refractivity contribution in [1.29, 1.82) is 0 Å². The normalized spacial score (nSPS) is 9.17. The van der Waals surface area contributed by atoms with Gasteiger partial charge >= 0.3 is 0 Å². The summed E-state index contributed by atoms with van der Waals surface area (Å²) in [5.74, 6) is 0.884. The van der Waals surface area contributed by atoms with E-state index in [0.29, 0.717) is 0 Å². The van der Waals surface area contributed by atoms with E-state index in [1.165, 1.54) is 36.0 Å². The number of aryl methyl sites for hydroxylation is 2. The summed E-state index contributed by atoms with van der Waals surface area (Å²) in [5.41, 5.74) is 4.18. The van der Waals surface area contributed by atoms with E-state index in [0.717, 1.165) is 5.92 Å². The van der Waals surface area contributed by atoms with E-state index in [1.54, 1.807) is 0 Å². The minimum atomic E-state index is 0.884. The Bertz CT molecular complexity index is 262. The number of unbranched alkanes of at least 4 members (excludes halogenated alkanes) is 1. The Labute approximate surface area is 116 Å². The second kappa shape index (κ2) is 12.7. The molecular weight excluding hydrogens is 216 g/mol. The number of rotatable bonds is 2. The molecule has 0 aliphatic heterocycles. The maximum Gasteiger partial charge on any atom is -0.0392 e. The highest BCUT2D eigenvalue weighted by atomic mass is 14.0. The van der Waals surface area contributed by atoms with Crippen molar-refractivity contribution in [1.82, 2.24) is 0 Å². The summed E-state index contributed by atoms with van der Waals surface area (Å²) in [6.45, 7) is 17.4. The third kappa shape index (κ3) is 11.7. The first-order valence-electron chi connectivity index (χ1n) is 7.43. The molecule has 106 valence electrons. The lowest BCUT2D eigenvalue weighted by Gasteiger charge is -2.00. The Balaban J connectivity index is 0. The zero-order valence-corrected chi connectivity index (χ0v) is 13.9. The number of hydrogen-bond acceptors (Lipinski definition) is 0. The fourth-order valence-corrected chi connectivity index (χ4v) is 0.898. The third-order valence-corrected chi connectivity index (χ3v) is 3.19. The predicted octanol–water partition coefficient (Wildman–Crippen LogP) is 6.47. The summed E-state index contributed by atoms with van der Waals surface area (Å²) < 4.78 is 0. The van der Waals surface area contributed by atoms with Gasteiger partial charge in [0, 0.05) is 0 Å². The largest absolute Gasteiger partial charge is 0.0654 e. The molecule has 0 spiro atoms. The number of benzene rings is 1. The van der Waals surface area contributed by atoms with Crippen molar-refractivity contribution in [3.05, 3.63) is 34.9 Å². The van der Waals surface area contributed by atoms with Gasteiger partial charge in [-0.2, -0.15) is 0 Å². The summed E-state index contributed by atoms with van der Waals surface area (Å²) >= 11 is 0. The van der Waals surface area contributed by atoms with Crippen LogP contribution in [-0.2, 0) is 0 Å². The molecule has 0 bridgehead atoms. The molecule has 0 unspecified atom stereocenters. The van der Waals surface area contributed by atoms with Gasteiger partial charge in [-0.1, -0.05) is 72.1 Å². The SMILES string of the molecule is CCC(C)C.CCCC.Cc1cccc(C)c1C. The minimum Gasteiger partial charge on any atom is -0.0654 e. The maximum absolute atomic E-state index is 2.22. The summed E-state index contributed by atoms with van der Waals surface area (Å²) in [7, 11) is 0. The molecule has 0 saturated carbocycles. The summed E-state index contributed by atoms with van der Waals surface area (Å²) in [6.07, 6.45) is 3.94. The maximum atomic E-state index is 2.22. The van der Waals surface area contributed by atoms with Crippen LogP contribution >= 0.6 is 0 Å². The first kappa shape index (κ1) is 19.6. The van der Waals surface area contributed by atoms with Gasteiger partial charge < -0.3 is 0 Å². The smallest absolute Gasteiger partial charge is 0.0392 e. The van der Waals surface area contributed by atoms with Crippen molar-refractivity contribution in [2.75, 3.05) is 0 Å². The van der Waals surface area contributed by atoms with Crippen LogP contribution in [0.2, 0.25) is 0 Å². The molecule has 1 aromatic rings. The van der Waals surface area contributed by atoms with E-state index < -0.39 is 0 Å². The topological polar surface area (TPSA) is 0 Å². The monoisotopic (exact) mass is 250 g/mol. The molecule has 0 heterocycles. The molecule has 0 aliphatic carbocycles. The van der Waals surface area contributed by atoms with Crippen LogP contribution in [0.1, 0.15) is 70.6 Å². The molecule has 0 atom stereocenters. The van der Waals surface area contributed by atoms with Gasteiger partial charge in [0.25, 0.3) is 0 Å². The van der Waals surface area contributed by atoms with Crippen LogP contribution < -0.4 is 0 Å². The molecule has 0 saturated heterocycles. The van der Waals surface area contributed by atoms with E-state index in [-0.39, 0.29) is 0 Å². The number of hydrogen-bond donors (Lipinski definition) is 0. The van der Waals surface area contributed by atoms with Gasteiger partial charge in [0.1, 0.15) is 0 Å². The predicted molar refractivity (Wildman–Crippen MR) is 86.4 cm³/mol. The highest BCUT2D eigenvalue weighted by molar-refractivity contribution is 5.31. The lowest BCUT2D eigenvalue weighted by atomic mass is 10.1. The van der Waals surface area contributed by atoms with E-state index in [2.05, 4.69) is 73.6 Å². The molecular formula is C18H34. The van der Waals surface area contributed by atoms with Crippen molar-refractivity contribution in [2.45, 2.75) is 74.7 Å². The van der Waals surface area contributed by atoms with Crippen molar-refractivity contribution in [3.63, 3.8) is 0 Å². The van der Waals surface area contributed by atoms with Gasteiger partial charge in [-0.15, -0.1) is 0 Å². The zero-order valence-electron chi connectivity index (χ0n) is 13.9. The molecule has 1 rings (SSSR count). The standard InChI is InChI=1S/C9H12.C5H12.C4H10/c1-7-5-4-6-8(2)9(7)3;1-4-5(2)3;1-3-4-2/h4-6H,1-3H3;5H,4H2,1-3H3;3-4H2,1-2H3. The molecule has 0 radical (unpaired) electrons. The Morgan fingerprint density at radius 1 is 0.833 bits per heavy atom. The van der Waals surface area contributed by atoms with Crippen molar-refractivity contribution in [2.24, 2.45) is 5.92 Å². The lowest BCUT2D eigenvalue weighted by molar-refractivity contribution is 0.626. The summed E-state index contributed by atoms with van der Waals surface area (Å²) in [4.78, 5) is 0. The molecule has 0 heteroatoms. The van der Waals surface area contributed by atoms with E-state index >= 15 is 0 Å². The van der Waals surface area contributed by atoms with Crippen molar-refractivity contribution in [3.8, 4) is 0 Å². The first-order chi connectivity index (χ1) is 8.40. The summed E-state index contributed by atoms with van der Waals surface area (Å²) in [5, 5.41) is 0. The fourth-order valence-electron chi connectivity index (χ4n) is 0.898. The molecule has 1 aromatic carbocycles. The van der Waals surface area contributed by atoms with Crippen molar-refractivity contribution < 1.29 is 0 Å². The highest BCUT2D eigenvalue weighted by Crippen LogP contribution is 2.09. The highest BCUT2D eigenvalue weighted by Gasteiger charge is 1.91. The molecule has 0 aromatic heterocycles. The van der Waals surface area contributed by atoms with Crippen LogP contribution in [0.25, 0.3) is 0 Å². The Kier molecular flexibility index (Phi) is 13.8. The first-order valence-corrected chi connectivity index (χ1v) is 7.43. The van der Waals surface area contributed by atoms with Crippen molar-refractivity contribution >= 4 is 0 Å². The van der Waals surface area contributed by atoms with Crippen LogP contribution in [-0.4, -0.2) is 0 Å². The summed E-state index contributed by atoms with van der Waals surface area (Å²) in [6, 6.07) is 6.38. The van der Waals surface area contributed by atoms with Gasteiger partial charge in [-0.3, -0.25) is 0 Å². The quantitative estimate of drug-likeness (QED) is 0.564. The van der Waals surface area contributed by atoms with Crippen LogP contribution in [0.5, 0.6) is 0 Å². The van der Waals surface area contributed by atoms with E-state index in [9.17, 15) is 0 Å². The van der Waals surface area contributed by atoms with E-state index in [1.807, 2.05) is 0 Å². The Morgan fingerprint density at radius 3 is 1.33 bits per heavy atom. The van der Waals surface area contributed by atoms with Crippen LogP contribution in [0.3, 0.4) is 0 Å². The second-order valence-electron chi connectivity index (χ2n) is 5.32. The van der Waals surface area contributed by atoms with Crippen LogP contribution in [0, 0.1) is 26.7 Å². The average Bonchev–Trinajstić information content (AvgIpc) is 2.37. The second-order valence-corrected chi connectivity index (χ2v) is 5.32. The Hall–Kier alpha value is -0.780.